The van der Waals surface area contributed by atoms with Crippen molar-refractivity contribution in [1.29, 1.82) is 5.26 Å². The first-order chi connectivity index (χ1) is 10.1. The second-order valence-corrected chi connectivity index (χ2v) is 5.29. The van der Waals surface area contributed by atoms with Crippen LogP contribution in [0.15, 0.2) is 24.3 Å². The molecule has 1 fully saturated rings. The number of benzene rings is 1. The molecule has 2 rings (SSSR count). The van der Waals surface area contributed by atoms with Gasteiger partial charge in [-0.2, -0.15) is 5.26 Å². The Labute approximate surface area is 123 Å². The number of amides is 1. The smallest absolute Gasteiger partial charge is 0.269 e. The Morgan fingerprint density at radius 1 is 1.38 bits per heavy atom. The van der Waals surface area contributed by atoms with Gasteiger partial charge in [0.05, 0.1) is 23.8 Å². The molecule has 0 aliphatic heterocycles. The van der Waals surface area contributed by atoms with Crippen molar-refractivity contribution in [3.8, 4) is 6.07 Å². The lowest BCUT2D eigenvalue weighted by Crippen LogP contribution is -2.34. The molecule has 1 aromatic carbocycles. The van der Waals surface area contributed by atoms with Crippen molar-refractivity contribution >= 4 is 11.6 Å². The second kappa shape index (κ2) is 6.84. The van der Waals surface area contributed by atoms with Gasteiger partial charge in [0, 0.05) is 25.2 Å². The molecule has 6 heteroatoms. The summed E-state index contributed by atoms with van der Waals surface area (Å²) in [6.07, 6.45) is 2.84. The highest BCUT2D eigenvalue weighted by Crippen LogP contribution is 2.30. The van der Waals surface area contributed by atoms with Crippen LogP contribution in [0.2, 0.25) is 0 Å². The molecule has 0 unspecified atom stereocenters. The molecule has 6 nitrogen and oxygen atoms in total. The van der Waals surface area contributed by atoms with Crippen molar-refractivity contribution in [3.05, 3.63) is 39.9 Å². The summed E-state index contributed by atoms with van der Waals surface area (Å²) in [5, 5.41) is 19.3. The number of carbonyl (C=O) groups is 1. The molecule has 1 aromatic rings. The number of nitro benzene ring substituents is 1. The Bertz CT molecular complexity index is 559. The zero-order chi connectivity index (χ0) is 15.2. The average molecular weight is 287 g/mol. The van der Waals surface area contributed by atoms with Crippen LogP contribution >= 0.6 is 0 Å². The molecule has 0 bridgehead atoms. The topological polar surface area (TPSA) is 87.2 Å². The Hall–Kier alpha value is -2.42. The second-order valence-electron chi connectivity index (χ2n) is 5.29. The van der Waals surface area contributed by atoms with Gasteiger partial charge in [-0.25, -0.2) is 0 Å². The van der Waals surface area contributed by atoms with E-state index in [9.17, 15) is 14.9 Å². The number of hydrogen-bond donors (Lipinski definition) is 0. The summed E-state index contributed by atoms with van der Waals surface area (Å²) in [5.41, 5.74) is 0.772. The molecule has 1 aliphatic carbocycles. The molecule has 21 heavy (non-hydrogen) atoms. The largest absolute Gasteiger partial charge is 0.341 e. The highest BCUT2D eigenvalue weighted by Gasteiger charge is 2.26. The molecule has 0 saturated heterocycles. The minimum absolute atomic E-state index is 0.0190. The molecule has 0 aromatic heterocycles. The molecule has 0 N–H and O–H groups in total. The first-order valence-electron chi connectivity index (χ1n) is 6.98. The van der Waals surface area contributed by atoms with E-state index >= 15 is 0 Å². The van der Waals surface area contributed by atoms with E-state index in [1.807, 2.05) is 0 Å². The van der Waals surface area contributed by atoms with Crippen molar-refractivity contribution in [3.63, 3.8) is 0 Å². The highest BCUT2D eigenvalue weighted by molar-refractivity contribution is 5.79. The van der Waals surface area contributed by atoms with Gasteiger partial charge in [0.2, 0.25) is 5.91 Å². The van der Waals surface area contributed by atoms with E-state index in [0.29, 0.717) is 25.4 Å². The van der Waals surface area contributed by atoms with Crippen LogP contribution in [0.4, 0.5) is 5.69 Å². The lowest BCUT2D eigenvalue weighted by atomic mass is 10.1. The van der Waals surface area contributed by atoms with Crippen molar-refractivity contribution < 1.29 is 9.72 Å². The first kappa shape index (κ1) is 15.0. The lowest BCUT2D eigenvalue weighted by Gasteiger charge is -2.21. The van der Waals surface area contributed by atoms with E-state index in [1.165, 1.54) is 12.1 Å². The van der Waals surface area contributed by atoms with Gasteiger partial charge in [-0.3, -0.25) is 14.9 Å². The normalized spacial score (nSPS) is 13.5. The van der Waals surface area contributed by atoms with Crippen LogP contribution in [-0.4, -0.2) is 28.8 Å². The molecule has 1 amide bonds. The van der Waals surface area contributed by atoms with Crippen molar-refractivity contribution in [2.24, 2.45) is 5.92 Å². The third kappa shape index (κ3) is 4.56. The standard InChI is InChI=1S/C15H17N3O3/c16-8-1-9-17(11-13-2-3-13)15(19)10-12-4-6-14(7-5-12)18(20)21/h4-7,13H,1-3,9-11H2. The SMILES string of the molecule is N#CCCN(CC1CC1)C(=O)Cc1ccc([N+](=O)[O-])cc1. The number of hydrogen-bond acceptors (Lipinski definition) is 4. The fraction of sp³-hybridized carbons (Fsp3) is 0.467. The minimum Gasteiger partial charge on any atom is -0.341 e. The molecular weight excluding hydrogens is 270 g/mol. The van der Waals surface area contributed by atoms with Gasteiger partial charge in [0.1, 0.15) is 0 Å². The van der Waals surface area contributed by atoms with Gasteiger partial charge in [-0.05, 0) is 24.3 Å². The molecule has 1 saturated carbocycles. The van der Waals surface area contributed by atoms with Crippen molar-refractivity contribution in [2.75, 3.05) is 13.1 Å². The monoisotopic (exact) mass is 287 g/mol. The van der Waals surface area contributed by atoms with E-state index in [2.05, 4.69) is 6.07 Å². The summed E-state index contributed by atoms with van der Waals surface area (Å²) >= 11 is 0. The van der Waals surface area contributed by atoms with E-state index in [4.69, 9.17) is 5.26 Å². The predicted octanol–water partition coefficient (Wildman–Crippen LogP) is 2.29. The van der Waals surface area contributed by atoms with Gasteiger partial charge in [-0.1, -0.05) is 12.1 Å². The van der Waals surface area contributed by atoms with Crippen LogP contribution in [0.3, 0.4) is 0 Å². The molecule has 0 spiro atoms. The number of carbonyl (C=O) groups excluding carboxylic acids is 1. The third-order valence-corrected chi connectivity index (χ3v) is 3.52. The molecule has 0 heterocycles. The number of nitro groups is 1. The quantitative estimate of drug-likeness (QED) is 0.568. The van der Waals surface area contributed by atoms with E-state index in [-0.39, 0.29) is 18.0 Å². The summed E-state index contributed by atoms with van der Waals surface area (Å²) in [4.78, 5) is 24.2. The molecule has 0 atom stereocenters. The summed E-state index contributed by atoms with van der Waals surface area (Å²) in [7, 11) is 0. The molecule has 110 valence electrons. The van der Waals surface area contributed by atoms with Crippen LogP contribution in [0, 0.1) is 27.4 Å². The maximum Gasteiger partial charge on any atom is 0.269 e. The fourth-order valence-electron chi connectivity index (χ4n) is 2.14. The van der Waals surface area contributed by atoms with Crippen molar-refractivity contribution in [2.45, 2.75) is 25.7 Å². The Balaban J connectivity index is 1.96. The average Bonchev–Trinajstić information content (AvgIpc) is 3.28. The first-order valence-corrected chi connectivity index (χ1v) is 6.98. The van der Waals surface area contributed by atoms with Crippen LogP contribution in [0.1, 0.15) is 24.8 Å². The number of rotatable bonds is 7. The molecule has 1 aliphatic rings. The fourth-order valence-corrected chi connectivity index (χ4v) is 2.14. The number of non-ortho nitro benzene ring substituents is 1. The van der Waals surface area contributed by atoms with Gasteiger partial charge >= 0.3 is 0 Å². The van der Waals surface area contributed by atoms with Crippen LogP contribution in [-0.2, 0) is 11.2 Å². The minimum atomic E-state index is -0.460. The van der Waals surface area contributed by atoms with Crippen LogP contribution < -0.4 is 0 Å². The maximum atomic E-state index is 12.3. The lowest BCUT2D eigenvalue weighted by molar-refractivity contribution is -0.384. The van der Waals surface area contributed by atoms with Crippen LogP contribution in [0.25, 0.3) is 0 Å². The maximum absolute atomic E-state index is 12.3. The number of nitrogens with zero attached hydrogens (tertiary/aromatic N) is 3. The zero-order valence-electron chi connectivity index (χ0n) is 11.7. The Morgan fingerprint density at radius 2 is 2.05 bits per heavy atom. The summed E-state index contributed by atoms with van der Waals surface area (Å²) in [6.45, 7) is 1.17. The van der Waals surface area contributed by atoms with E-state index < -0.39 is 4.92 Å². The van der Waals surface area contributed by atoms with Gasteiger partial charge < -0.3 is 4.90 Å². The van der Waals surface area contributed by atoms with E-state index in [0.717, 1.165) is 18.4 Å². The van der Waals surface area contributed by atoms with Gasteiger partial charge in [0.25, 0.3) is 5.69 Å². The van der Waals surface area contributed by atoms with Crippen molar-refractivity contribution in [1.82, 2.24) is 4.90 Å². The zero-order valence-corrected chi connectivity index (χ0v) is 11.7. The molecular formula is C15H17N3O3. The van der Waals surface area contributed by atoms with Gasteiger partial charge in [0.15, 0.2) is 0 Å². The highest BCUT2D eigenvalue weighted by atomic mass is 16.6. The summed E-state index contributed by atoms with van der Waals surface area (Å²) in [6, 6.07) is 8.09. The summed E-state index contributed by atoms with van der Waals surface area (Å²) < 4.78 is 0. The third-order valence-electron chi connectivity index (χ3n) is 3.52. The van der Waals surface area contributed by atoms with Crippen LogP contribution in [0.5, 0.6) is 0 Å². The Kier molecular flexibility index (Phi) is 4.88. The van der Waals surface area contributed by atoms with Gasteiger partial charge in [-0.15, -0.1) is 0 Å². The summed E-state index contributed by atoms with van der Waals surface area (Å²) in [5.74, 6) is 0.551. The predicted molar refractivity (Wildman–Crippen MR) is 76.3 cm³/mol. The number of nitriles is 1. The van der Waals surface area contributed by atoms with E-state index in [1.54, 1.807) is 17.0 Å². The molecule has 0 radical (unpaired) electrons. The Morgan fingerprint density at radius 3 is 2.57 bits per heavy atom.